The van der Waals surface area contributed by atoms with Crippen molar-refractivity contribution < 1.29 is 32.2 Å². The smallest absolute Gasteiger partial charge is 0.408 e. The standard InChI is InChI=1S/C30H35F3N6O4/c1-18(41-5)17-42-24-14-23(35-22-9-7-6-8-21(22)24)27-37-36-25-11-10-19(15-39(25)27)26(30(31,32)33)38-13-12-20(16-38)34-28(40)43-29(2,3)4/h6-11,14-15,18,20,26H,12-13,16-17H2,1-5H3,(H,34,40)/t18-,20+,26-/m1/s1. The minimum atomic E-state index is -4.58. The van der Waals surface area contributed by atoms with E-state index in [-0.39, 0.29) is 30.6 Å². The highest BCUT2D eigenvalue weighted by Crippen LogP contribution is 2.40. The maximum absolute atomic E-state index is 14.6. The Bertz CT molecular complexity index is 1600. The van der Waals surface area contributed by atoms with E-state index in [2.05, 4.69) is 15.5 Å². The second-order valence-corrected chi connectivity index (χ2v) is 11.7. The SMILES string of the molecule is CO[C@H](C)COc1cc(-c2nnc3ccc([C@@H](N4CC[C@H](NC(=O)OC(C)(C)C)C4)C(F)(F)F)cn23)nc2ccccc12. The van der Waals surface area contributed by atoms with Gasteiger partial charge in [-0.2, -0.15) is 13.2 Å². The first-order chi connectivity index (χ1) is 20.3. The predicted molar refractivity (Wildman–Crippen MR) is 154 cm³/mol. The molecule has 0 aliphatic carbocycles. The lowest BCUT2D eigenvalue weighted by molar-refractivity contribution is -0.184. The third-order valence-corrected chi connectivity index (χ3v) is 7.14. The minimum Gasteiger partial charge on any atom is -0.490 e. The number of ether oxygens (including phenoxy) is 3. The lowest BCUT2D eigenvalue weighted by atomic mass is 10.1. The van der Waals surface area contributed by atoms with E-state index in [1.54, 1.807) is 33.9 Å². The average molecular weight is 601 g/mol. The van der Waals surface area contributed by atoms with Crippen LogP contribution in [0.2, 0.25) is 0 Å². The highest BCUT2D eigenvalue weighted by Gasteiger charge is 2.47. The third-order valence-electron chi connectivity index (χ3n) is 7.14. The fraction of sp³-hybridized carbons (Fsp3) is 0.467. The minimum absolute atomic E-state index is 0.0172. The number of nitrogens with one attached hydrogen (secondary N) is 1. The number of likely N-dealkylation sites (tertiary alicyclic amines) is 1. The summed E-state index contributed by atoms with van der Waals surface area (Å²) in [5.41, 5.74) is 0.718. The highest BCUT2D eigenvalue weighted by molar-refractivity contribution is 5.87. The van der Waals surface area contributed by atoms with Gasteiger partial charge in [0.25, 0.3) is 0 Å². The van der Waals surface area contributed by atoms with Gasteiger partial charge in [-0.25, -0.2) is 9.78 Å². The molecule has 1 aliphatic heterocycles. The van der Waals surface area contributed by atoms with Gasteiger partial charge in [0.15, 0.2) is 11.5 Å². The van der Waals surface area contributed by atoms with Gasteiger partial charge in [0, 0.05) is 43.9 Å². The zero-order chi connectivity index (χ0) is 30.9. The molecule has 5 rings (SSSR count). The van der Waals surface area contributed by atoms with Gasteiger partial charge < -0.3 is 19.5 Å². The topological polar surface area (TPSA) is 103 Å². The van der Waals surface area contributed by atoms with Crippen molar-refractivity contribution in [2.24, 2.45) is 0 Å². The number of rotatable bonds is 8. The van der Waals surface area contributed by atoms with Gasteiger partial charge in [-0.3, -0.25) is 9.30 Å². The van der Waals surface area contributed by atoms with Gasteiger partial charge in [0.2, 0.25) is 0 Å². The van der Waals surface area contributed by atoms with E-state index in [4.69, 9.17) is 19.2 Å². The molecule has 13 heteroatoms. The average Bonchev–Trinajstić information content (AvgIpc) is 3.56. The Morgan fingerprint density at radius 1 is 1.14 bits per heavy atom. The van der Waals surface area contributed by atoms with Crippen LogP contribution in [0.1, 0.15) is 45.7 Å². The van der Waals surface area contributed by atoms with Gasteiger partial charge in [-0.1, -0.05) is 18.2 Å². The molecule has 4 aromatic rings. The zero-order valence-electron chi connectivity index (χ0n) is 24.7. The first kappa shape index (κ1) is 30.5. The summed E-state index contributed by atoms with van der Waals surface area (Å²) in [5, 5.41) is 11.9. The molecule has 1 saturated heterocycles. The number of carbonyl (C=O) groups is 1. The van der Waals surface area contributed by atoms with Crippen LogP contribution in [0.5, 0.6) is 5.75 Å². The number of carbonyl (C=O) groups excluding carboxylic acids is 1. The molecule has 1 aromatic carbocycles. The second-order valence-electron chi connectivity index (χ2n) is 11.7. The number of hydrogen-bond donors (Lipinski definition) is 1. The molecule has 0 bridgehead atoms. The van der Waals surface area contributed by atoms with Crippen LogP contribution in [0, 0.1) is 0 Å². The molecular formula is C30H35F3N6O4. The maximum Gasteiger partial charge on any atom is 0.408 e. The molecular weight excluding hydrogens is 565 g/mol. The summed E-state index contributed by atoms with van der Waals surface area (Å²) in [6, 6.07) is 9.68. The van der Waals surface area contributed by atoms with Crippen LogP contribution in [0.3, 0.4) is 0 Å². The Labute approximate surface area is 247 Å². The fourth-order valence-corrected chi connectivity index (χ4v) is 5.12. The van der Waals surface area contributed by atoms with Crippen molar-refractivity contribution in [1.29, 1.82) is 0 Å². The van der Waals surface area contributed by atoms with Gasteiger partial charge in [-0.15, -0.1) is 10.2 Å². The Balaban J connectivity index is 1.47. The van der Waals surface area contributed by atoms with Gasteiger partial charge in [-0.05, 0) is 57.9 Å². The summed E-state index contributed by atoms with van der Waals surface area (Å²) in [6.45, 7) is 7.52. The van der Waals surface area contributed by atoms with Crippen molar-refractivity contribution in [1.82, 2.24) is 29.8 Å². The monoisotopic (exact) mass is 600 g/mol. The molecule has 0 spiro atoms. The number of alkyl carbamates (subject to hydrolysis) is 1. The number of methoxy groups -OCH3 is 1. The summed E-state index contributed by atoms with van der Waals surface area (Å²) >= 11 is 0. The number of aromatic nitrogens is 4. The zero-order valence-corrected chi connectivity index (χ0v) is 24.7. The quantitative estimate of drug-likeness (QED) is 0.281. The van der Waals surface area contributed by atoms with E-state index in [0.29, 0.717) is 35.6 Å². The van der Waals surface area contributed by atoms with Crippen LogP contribution in [0.15, 0.2) is 48.7 Å². The number of hydrogen-bond acceptors (Lipinski definition) is 8. The summed E-state index contributed by atoms with van der Waals surface area (Å²) in [6.07, 6.45) is -3.63. The molecule has 1 aliphatic rings. The van der Waals surface area contributed by atoms with E-state index >= 15 is 0 Å². The highest BCUT2D eigenvalue weighted by atomic mass is 19.4. The van der Waals surface area contributed by atoms with Gasteiger partial charge >= 0.3 is 12.3 Å². The number of para-hydroxylation sites is 1. The molecule has 3 aromatic heterocycles. The number of alkyl halides is 3. The molecule has 1 N–H and O–H groups in total. The van der Waals surface area contributed by atoms with Crippen LogP contribution in [0.25, 0.3) is 28.1 Å². The number of benzene rings is 1. The molecule has 10 nitrogen and oxygen atoms in total. The van der Waals surface area contributed by atoms with E-state index in [1.165, 1.54) is 27.6 Å². The molecule has 230 valence electrons. The molecule has 0 saturated carbocycles. The van der Waals surface area contributed by atoms with Crippen molar-refractivity contribution in [3.05, 3.63) is 54.2 Å². The van der Waals surface area contributed by atoms with Gasteiger partial charge in [0.05, 0.1) is 11.6 Å². The van der Waals surface area contributed by atoms with Crippen molar-refractivity contribution in [2.75, 3.05) is 26.8 Å². The lowest BCUT2D eigenvalue weighted by Gasteiger charge is -2.30. The molecule has 1 amide bonds. The lowest BCUT2D eigenvalue weighted by Crippen LogP contribution is -2.42. The number of amides is 1. The van der Waals surface area contributed by atoms with Gasteiger partial charge in [0.1, 0.15) is 29.7 Å². The predicted octanol–water partition coefficient (Wildman–Crippen LogP) is 5.56. The Kier molecular flexibility index (Phi) is 8.48. The fourth-order valence-electron chi connectivity index (χ4n) is 5.12. The van der Waals surface area contributed by atoms with Crippen LogP contribution >= 0.6 is 0 Å². The molecule has 1 fully saturated rings. The summed E-state index contributed by atoms with van der Waals surface area (Å²) < 4.78 is 61.9. The normalized spacial score (nSPS) is 17.7. The maximum atomic E-state index is 14.6. The summed E-state index contributed by atoms with van der Waals surface area (Å²) in [4.78, 5) is 18.3. The summed E-state index contributed by atoms with van der Waals surface area (Å²) in [7, 11) is 1.60. The first-order valence-corrected chi connectivity index (χ1v) is 14.0. The third kappa shape index (κ3) is 6.99. The molecule has 0 radical (unpaired) electrons. The molecule has 4 heterocycles. The number of pyridine rings is 2. The van der Waals surface area contributed by atoms with Crippen molar-refractivity contribution in [3.8, 4) is 17.3 Å². The Morgan fingerprint density at radius 3 is 2.63 bits per heavy atom. The molecule has 3 atom stereocenters. The number of nitrogens with zero attached hydrogens (tertiary/aromatic N) is 5. The number of fused-ring (bicyclic) bond motifs is 2. The summed E-state index contributed by atoms with van der Waals surface area (Å²) in [5.74, 6) is 0.824. The number of halogens is 3. The molecule has 0 unspecified atom stereocenters. The first-order valence-electron chi connectivity index (χ1n) is 14.0. The van der Waals surface area contributed by atoms with Crippen LogP contribution in [-0.2, 0) is 9.47 Å². The molecule has 43 heavy (non-hydrogen) atoms. The Morgan fingerprint density at radius 2 is 1.91 bits per heavy atom. The van der Waals surface area contributed by atoms with E-state index < -0.39 is 30.0 Å². The Hall–Kier alpha value is -3.97. The largest absolute Gasteiger partial charge is 0.490 e. The van der Waals surface area contributed by atoms with Crippen molar-refractivity contribution >= 4 is 22.6 Å². The van der Waals surface area contributed by atoms with E-state index in [9.17, 15) is 18.0 Å². The van der Waals surface area contributed by atoms with Crippen LogP contribution in [-0.4, -0.2) is 81.3 Å². The van der Waals surface area contributed by atoms with Crippen molar-refractivity contribution in [3.63, 3.8) is 0 Å². The van der Waals surface area contributed by atoms with Crippen molar-refractivity contribution in [2.45, 2.75) is 64.1 Å². The second kappa shape index (κ2) is 12.0. The van der Waals surface area contributed by atoms with E-state index in [0.717, 1.165) is 5.39 Å². The van der Waals surface area contributed by atoms with Crippen LogP contribution in [0.4, 0.5) is 18.0 Å². The van der Waals surface area contributed by atoms with E-state index in [1.807, 2.05) is 31.2 Å². The van der Waals surface area contributed by atoms with Crippen LogP contribution < -0.4 is 10.1 Å².